The molecule has 0 aliphatic carbocycles. The molecule has 1 atom stereocenters. The van der Waals surface area contributed by atoms with Gasteiger partial charge in [0.1, 0.15) is 5.60 Å². The second-order valence-corrected chi connectivity index (χ2v) is 5.46. The van der Waals surface area contributed by atoms with Gasteiger partial charge < -0.3 is 10.0 Å². The molecule has 1 aliphatic rings. The molecule has 0 aromatic carbocycles. The lowest BCUT2D eigenvalue weighted by Crippen LogP contribution is -2.34. The standard InChI is InChI=1S/C13H21N3O/c1-9(2)11-6-12-13(4,17)8-15(5)10(3)7-16(12)14-11/h6,9,17H,3,7-8H2,1-2,4-5H3. The molecular weight excluding hydrogens is 214 g/mol. The predicted octanol–water partition coefficient (Wildman–Crippen LogP) is 1.67. The van der Waals surface area contributed by atoms with E-state index in [-0.39, 0.29) is 0 Å². The average molecular weight is 235 g/mol. The van der Waals surface area contributed by atoms with Gasteiger partial charge in [-0.3, -0.25) is 4.68 Å². The second-order valence-electron chi connectivity index (χ2n) is 5.46. The van der Waals surface area contributed by atoms with Crippen LogP contribution in [-0.4, -0.2) is 33.4 Å². The van der Waals surface area contributed by atoms with Crippen molar-refractivity contribution >= 4 is 0 Å². The molecule has 0 bridgehead atoms. The van der Waals surface area contributed by atoms with Crippen molar-refractivity contribution in [2.24, 2.45) is 0 Å². The Morgan fingerprint density at radius 1 is 1.53 bits per heavy atom. The number of rotatable bonds is 1. The normalized spacial score (nSPS) is 25.1. The summed E-state index contributed by atoms with van der Waals surface area (Å²) in [7, 11) is 1.95. The molecule has 0 radical (unpaired) electrons. The molecule has 1 aromatic heterocycles. The quantitative estimate of drug-likeness (QED) is 0.805. The number of β-amino-alcohol motifs (C(OH)–C–C–N with tert-alkyl or cyclic N) is 1. The van der Waals surface area contributed by atoms with Crippen LogP contribution in [-0.2, 0) is 12.1 Å². The summed E-state index contributed by atoms with van der Waals surface area (Å²) in [6.07, 6.45) is 0. The van der Waals surface area contributed by atoms with Crippen molar-refractivity contribution < 1.29 is 5.11 Å². The number of allylic oxidation sites excluding steroid dienone is 1. The lowest BCUT2D eigenvalue weighted by Gasteiger charge is -2.27. The van der Waals surface area contributed by atoms with E-state index in [2.05, 4.69) is 25.5 Å². The molecule has 0 spiro atoms. The van der Waals surface area contributed by atoms with Crippen molar-refractivity contribution in [1.82, 2.24) is 14.7 Å². The van der Waals surface area contributed by atoms with E-state index in [9.17, 15) is 5.11 Å². The molecule has 0 amide bonds. The van der Waals surface area contributed by atoms with Crippen LogP contribution in [0.25, 0.3) is 0 Å². The Bertz CT molecular complexity index is 446. The lowest BCUT2D eigenvalue weighted by molar-refractivity contribution is 0.0306. The van der Waals surface area contributed by atoms with Crippen molar-refractivity contribution in [3.05, 3.63) is 29.7 Å². The summed E-state index contributed by atoms with van der Waals surface area (Å²) in [5, 5.41) is 15.1. The number of hydrogen-bond acceptors (Lipinski definition) is 3. The molecule has 1 aliphatic heterocycles. The molecule has 0 saturated carbocycles. The third kappa shape index (κ3) is 2.09. The Balaban J connectivity index is 2.48. The fourth-order valence-corrected chi connectivity index (χ4v) is 2.22. The minimum atomic E-state index is -0.881. The van der Waals surface area contributed by atoms with Gasteiger partial charge in [0.05, 0.1) is 24.5 Å². The molecule has 1 N–H and O–H groups in total. The van der Waals surface area contributed by atoms with Crippen LogP contribution in [0.2, 0.25) is 0 Å². The van der Waals surface area contributed by atoms with Crippen LogP contribution in [0.1, 0.15) is 38.1 Å². The topological polar surface area (TPSA) is 41.3 Å². The largest absolute Gasteiger partial charge is 0.382 e. The summed E-state index contributed by atoms with van der Waals surface area (Å²) >= 11 is 0. The highest BCUT2D eigenvalue weighted by molar-refractivity contribution is 5.22. The number of fused-ring (bicyclic) bond motifs is 1. The first-order valence-electron chi connectivity index (χ1n) is 6.01. The monoisotopic (exact) mass is 235 g/mol. The van der Waals surface area contributed by atoms with Crippen molar-refractivity contribution in [3.8, 4) is 0 Å². The van der Waals surface area contributed by atoms with Crippen LogP contribution < -0.4 is 0 Å². The SMILES string of the molecule is C=C1Cn2nc(C(C)C)cc2C(C)(O)CN1C. The minimum absolute atomic E-state index is 0.372. The zero-order valence-electron chi connectivity index (χ0n) is 11.1. The third-order valence-electron chi connectivity index (χ3n) is 3.36. The Kier molecular flexibility index (Phi) is 2.78. The molecule has 17 heavy (non-hydrogen) atoms. The van der Waals surface area contributed by atoms with Crippen molar-refractivity contribution in [1.29, 1.82) is 0 Å². The van der Waals surface area contributed by atoms with Crippen LogP contribution in [0.15, 0.2) is 18.3 Å². The maximum atomic E-state index is 10.5. The van der Waals surface area contributed by atoms with Gasteiger partial charge in [-0.05, 0) is 18.9 Å². The first kappa shape index (κ1) is 12.2. The van der Waals surface area contributed by atoms with Gasteiger partial charge in [-0.25, -0.2) is 0 Å². The van der Waals surface area contributed by atoms with E-state index in [1.807, 2.05) is 29.6 Å². The number of aliphatic hydroxyl groups is 1. The summed E-state index contributed by atoms with van der Waals surface area (Å²) in [4.78, 5) is 1.99. The summed E-state index contributed by atoms with van der Waals surface area (Å²) in [6.45, 7) is 11.3. The molecule has 1 unspecified atom stereocenters. The Morgan fingerprint density at radius 3 is 2.76 bits per heavy atom. The van der Waals surface area contributed by atoms with E-state index in [0.717, 1.165) is 17.1 Å². The minimum Gasteiger partial charge on any atom is -0.382 e. The number of aromatic nitrogens is 2. The first-order chi connectivity index (χ1) is 7.81. The van der Waals surface area contributed by atoms with Crippen LogP contribution in [0.5, 0.6) is 0 Å². The Labute approximate surface area is 103 Å². The van der Waals surface area contributed by atoms with Gasteiger partial charge >= 0.3 is 0 Å². The molecule has 2 rings (SSSR count). The smallest absolute Gasteiger partial charge is 0.121 e. The zero-order valence-corrected chi connectivity index (χ0v) is 11.1. The van der Waals surface area contributed by atoms with Crippen LogP contribution in [0.4, 0.5) is 0 Å². The molecule has 1 aromatic rings. The lowest BCUT2D eigenvalue weighted by atomic mass is 10.0. The van der Waals surface area contributed by atoms with Crippen molar-refractivity contribution in [3.63, 3.8) is 0 Å². The van der Waals surface area contributed by atoms with Crippen LogP contribution in [0.3, 0.4) is 0 Å². The number of hydrogen-bond donors (Lipinski definition) is 1. The van der Waals surface area contributed by atoms with Gasteiger partial charge in [0.25, 0.3) is 0 Å². The van der Waals surface area contributed by atoms with E-state index >= 15 is 0 Å². The van der Waals surface area contributed by atoms with E-state index in [0.29, 0.717) is 19.0 Å². The van der Waals surface area contributed by atoms with Gasteiger partial charge in [-0.15, -0.1) is 0 Å². The molecule has 94 valence electrons. The highest BCUT2D eigenvalue weighted by atomic mass is 16.3. The zero-order chi connectivity index (χ0) is 12.8. The summed E-state index contributed by atoms with van der Waals surface area (Å²) in [5.41, 5.74) is 2.00. The highest BCUT2D eigenvalue weighted by Gasteiger charge is 2.33. The molecule has 4 heteroatoms. The van der Waals surface area contributed by atoms with Gasteiger partial charge in [-0.1, -0.05) is 20.4 Å². The Hall–Kier alpha value is -1.29. The van der Waals surface area contributed by atoms with Crippen LogP contribution in [0, 0.1) is 0 Å². The van der Waals surface area contributed by atoms with Crippen molar-refractivity contribution in [2.75, 3.05) is 13.6 Å². The third-order valence-corrected chi connectivity index (χ3v) is 3.36. The molecule has 0 saturated heterocycles. The van der Waals surface area contributed by atoms with Gasteiger partial charge in [0, 0.05) is 12.7 Å². The molecule has 0 fully saturated rings. The van der Waals surface area contributed by atoms with Gasteiger partial charge in [-0.2, -0.15) is 5.10 Å². The maximum absolute atomic E-state index is 10.5. The van der Waals surface area contributed by atoms with Gasteiger partial charge in [0.15, 0.2) is 0 Å². The maximum Gasteiger partial charge on any atom is 0.121 e. The van der Waals surface area contributed by atoms with Gasteiger partial charge in [0.2, 0.25) is 0 Å². The average Bonchev–Trinajstić information content (AvgIpc) is 2.58. The molecular formula is C13H21N3O. The Morgan fingerprint density at radius 2 is 2.18 bits per heavy atom. The van der Waals surface area contributed by atoms with E-state index in [1.54, 1.807) is 0 Å². The van der Waals surface area contributed by atoms with Crippen molar-refractivity contribution in [2.45, 2.75) is 38.8 Å². The number of likely N-dealkylation sites (N-methyl/N-ethyl adjacent to an activating group) is 1. The van der Waals surface area contributed by atoms with E-state index in [1.165, 1.54) is 0 Å². The fraction of sp³-hybridized carbons (Fsp3) is 0.615. The predicted molar refractivity (Wildman–Crippen MR) is 67.7 cm³/mol. The highest BCUT2D eigenvalue weighted by Crippen LogP contribution is 2.29. The summed E-state index contributed by atoms with van der Waals surface area (Å²) in [6, 6.07) is 2.01. The first-order valence-corrected chi connectivity index (χ1v) is 6.01. The number of nitrogens with zero attached hydrogens (tertiary/aromatic N) is 3. The summed E-state index contributed by atoms with van der Waals surface area (Å²) < 4.78 is 1.88. The molecule has 2 heterocycles. The molecule has 4 nitrogen and oxygen atoms in total. The van der Waals surface area contributed by atoms with E-state index in [4.69, 9.17) is 0 Å². The second kappa shape index (κ2) is 3.88. The van der Waals surface area contributed by atoms with Crippen LogP contribution >= 0.6 is 0 Å². The fourth-order valence-electron chi connectivity index (χ4n) is 2.22. The summed E-state index contributed by atoms with van der Waals surface area (Å²) in [5.74, 6) is 0.372. The van der Waals surface area contributed by atoms with E-state index < -0.39 is 5.60 Å².